The lowest BCUT2D eigenvalue weighted by Crippen LogP contribution is -2.37. The van der Waals surface area contributed by atoms with Crippen LogP contribution in [0.25, 0.3) is 0 Å². The van der Waals surface area contributed by atoms with Gasteiger partial charge in [-0.1, -0.05) is 0 Å². The number of amides is 1. The molecule has 0 spiro atoms. The Morgan fingerprint density at radius 1 is 1.50 bits per heavy atom. The van der Waals surface area contributed by atoms with E-state index in [1.54, 1.807) is 0 Å². The lowest BCUT2D eigenvalue weighted by atomic mass is 10.0. The minimum absolute atomic E-state index is 0.0941. The van der Waals surface area contributed by atoms with Gasteiger partial charge in [0.25, 0.3) is 0 Å². The first kappa shape index (κ1) is 11.9. The normalized spacial score (nSPS) is 34.6. The van der Waals surface area contributed by atoms with Crippen molar-refractivity contribution in [1.29, 1.82) is 0 Å². The van der Waals surface area contributed by atoms with Crippen LogP contribution in [0.3, 0.4) is 0 Å². The minimum atomic E-state index is 0.0941. The Morgan fingerprint density at radius 2 is 2.31 bits per heavy atom. The van der Waals surface area contributed by atoms with Gasteiger partial charge < -0.3 is 15.4 Å². The van der Waals surface area contributed by atoms with Crippen LogP contribution in [-0.4, -0.2) is 43.2 Å². The molecule has 0 saturated carbocycles. The first-order valence-corrected chi connectivity index (χ1v) is 6.33. The monoisotopic (exact) mass is 226 g/mol. The SMILES string of the molecule is CC1OCCC1C(=O)N1CCC(CCN)C1. The molecule has 0 bridgehead atoms. The fourth-order valence-electron chi connectivity index (χ4n) is 2.79. The molecule has 2 N–H and O–H groups in total. The number of carbonyl (C=O) groups excluding carboxylic acids is 1. The van der Waals surface area contributed by atoms with Crippen molar-refractivity contribution < 1.29 is 9.53 Å². The molecule has 1 amide bonds. The summed E-state index contributed by atoms with van der Waals surface area (Å²) in [6, 6.07) is 0. The van der Waals surface area contributed by atoms with Gasteiger partial charge in [0.2, 0.25) is 5.91 Å². The number of hydrogen-bond acceptors (Lipinski definition) is 3. The zero-order valence-corrected chi connectivity index (χ0v) is 10.0. The molecule has 4 heteroatoms. The van der Waals surface area contributed by atoms with E-state index in [0.717, 1.165) is 45.5 Å². The van der Waals surface area contributed by atoms with Crippen LogP contribution < -0.4 is 5.73 Å². The van der Waals surface area contributed by atoms with E-state index in [9.17, 15) is 4.79 Å². The molecule has 2 aliphatic heterocycles. The van der Waals surface area contributed by atoms with Gasteiger partial charge in [0, 0.05) is 19.7 Å². The van der Waals surface area contributed by atoms with Crippen molar-refractivity contribution in [1.82, 2.24) is 4.90 Å². The van der Waals surface area contributed by atoms with Gasteiger partial charge >= 0.3 is 0 Å². The topological polar surface area (TPSA) is 55.6 Å². The average Bonchev–Trinajstić information content (AvgIpc) is 2.87. The van der Waals surface area contributed by atoms with E-state index in [2.05, 4.69) is 0 Å². The van der Waals surface area contributed by atoms with Crippen molar-refractivity contribution in [3.63, 3.8) is 0 Å². The number of nitrogens with zero attached hydrogens (tertiary/aromatic N) is 1. The van der Waals surface area contributed by atoms with E-state index in [-0.39, 0.29) is 12.0 Å². The van der Waals surface area contributed by atoms with E-state index in [1.807, 2.05) is 11.8 Å². The van der Waals surface area contributed by atoms with Gasteiger partial charge in [-0.15, -0.1) is 0 Å². The average molecular weight is 226 g/mol. The van der Waals surface area contributed by atoms with Crippen LogP contribution >= 0.6 is 0 Å². The number of carbonyl (C=O) groups is 1. The highest BCUT2D eigenvalue weighted by molar-refractivity contribution is 5.80. The molecule has 3 unspecified atom stereocenters. The number of nitrogens with two attached hydrogens (primary N) is 1. The molecule has 2 fully saturated rings. The van der Waals surface area contributed by atoms with Crippen molar-refractivity contribution in [2.75, 3.05) is 26.2 Å². The molecule has 16 heavy (non-hydrogen) atoms. The van der Waals surface area contributed by atoms with Gasteiger partial charge in [-0.3, -0.25) is 4.79 Å². The molecule has 0 aliphatic carbocycles. The molecule has 3 atom stereocenters. The molecule has 0 radical (unpaired) electrons. The molecule has 2 rings (SSSR count). The summed E-state index contributed by atoms with van der Waals surface area (Å²) in [4.78, 5) is 14.2. The van der Waals surface area contributed by atoms with Crippen LogP contribution in [0.4, 0.5) is 0 Å². The maximum absolute atomic E-state index is 12.2. The summed E-state index contributed by atoms with van der Waals surface area (Å²) >= 11 is 0. The van der Waals surface area contributed by atoms with Gasteiger partial charge in [0.15, 0.2) is 0 Å². The Labute approximate surface area is 97.1 Å². The van der Waals surface area contributed by atoms with Gasteiger partial charge in [-0.05, 0) is 38.6 Å². The quantitative estimate of drug-likeness (QED) is 0.767. The Bertz CT molecular complexity index is 257. The molecular weight excluding hydrogens is 204 g/mol. The maximum Gasteiger partial charge on any atom is 0.228 e. The molecule has 0 aromatic heterocycles. The maximum atomic E-state index is 12.2. The highest BCUT2D eigenvalue weighted by Gasteiger charge is 2.36. The summed E-state index contributed by atoms with van der Waals surface area (Å²) in [5.41, 5.74) is 5.55. The van der Waals surface area contributed by atoms with Crippen LogP contribution in [0.1, 0.15) is 26.2 Å². The van der Waals surface area contributed by atoms with Gasteiger partial charge in [-0.25, -0.2) is 0 Å². The Hall–Kier alpha value is -0.610. The van der Waals surface area contributed by atoms with Gasteiger partial charge in [0.05, 0.1) is 12.0 Å². The zero-order chi connectivity index (χ0) is 11.5. The Morgan fingerprint density at radius 3 is 2.94 bits per heavy atom. The fraction of sp³-hybridized carbons (Fsp3) is 0.917. The first-order valence-electron chi connectivity index (χ1n) is 6.33. The fourth-order valence-corrected chi connectivity index (χ4v) is 2.79. The van der Waals surface area contributed by atoms with Gasteiger partial charge in [-0.2, -0.15) is 0 Å². The van der Waals surface area contributed by atoms with E-state index >= 15 is 0 Å². The minimum Gasteiger partial charge on any atom is -0.378 e. The van der Waals surface area contributed by atoms with Crippen molar-refractivity contribution in [3.8, 4) is 0 Å². The zero-order valence-electron chi connectivity index (χ0n) is 10.0. The lowest BCUT2D eigenvalue weighted by Gasteiger charge is -2.22. The molecule has 2 heterocycles. The third-order valence-electron chi connectivity index (χ3n) is 3.87. The summed E-state index contributed by atoms with van der Waals surface area (Å²) in [7, 11) is 0. The molecule has 0 aromatic carbocycles. The molecular formula is C12H22N2O2. The molecule has 2 saturated heterocycles. The van der Waals surface area contributed by atoms with Crippen LogP contribution in [0.5, 0.6) is 0 Å². The van der Waals surface area contributed by atoms with E-state index in [0.29, 0.717) is 11.8 Å². The molecule has 2 aliphatic rings. The van der Waals surface area contributed by atoms with E-state index in [4.69, 9.17) is 10.5 Å². The third-order valence-corrected chi connectivity index (χ3v) is 3.87. The van der Waals surface area contributed by atoms with Crippen LogP contribution in [-0.2, 0) is 9.53 Å². The van der Waals surface area contributed by atoms with Crippen LogP contribution in [0.2, 0.25) is 0 Å². The van der Waals surface area contributed by atoms with Crippen molar-refractivity contribution in [3.05, 3.63) is 0 Å². The summed E-state index contributed by atoms with van der Waals surface area (Å²) < 4.78 is 5.45. The third kappa shape index (κ3) is 2.38. The second-order valence-electron chi connectivity index (χ2n) is 4.99. The molecule has 4 nitrogen and oxygen atoms in total. The van der Waals surface area contributed by atoms with Crippen LogP contribution in [0.15, 0.2) is 0 Å². The summed E-state index contributed by atoms with van der Waals surface area (Å²) in [6.07, 6.45) is 3.14. The second-order valence-corrected chi connectivity index (χ2v) is 4.99. The number of likely N-dealkylation sites (tertiary alicyclic amines) is 1. The Balaban J connectivity index is 1.86. The Kier molecular flexibility index (Phi) is 3.82. The molecule has 92 valence electrons. The number of rotatable bonds is 3. The van der Waals surface area contributed by atoms with Crippen molar-refractivity contribution >= 4 is 5.91 Å². The summed E-state index contributed by atoms with van der Waals surface area (Å²) in [6.45, 7) is 5.28. The van der Waals surface area contributed by atoms with E-state index in [1.165, 1.54) is 0 Å². The van der Waals surface area contributed by atoms with Crippen molar-refractivity contribution in [2.45, 2.75) is 32.3 Å². The lowest BCUT2D eigenvalue weighted by molar-refractivity contribution is -0.136. The van der Waals surface area contributed by atoms with Crippen molar-refractivity contribution in [2.24, 2.45) is 17.6 Å². The highest BCUT2D eigenvalue weighted by atomic mass is 16.5. The predicted molar refractivity (Wildman–Crippen MR) is 61.9 cm³/mol. The van der Waals surface area contributed by atoms with E-state index < -0.39 is 0 Å². The van der Waals surface area contributed by atoms with Crippen LogP contribution in [0, 0.1) is 11.8 Å². The second kappa shape index (κ2) is 5.15. The summed E-state index contributed by atoms with van der Waals surface area (Å²) in [5.74, 6) is 1.01. The predicted octanol–water partition coefficient (Wildman–Crippen LogP) is 0.609. The highest BCUT2D eigenvalue weighted by Crippen LogP contribution is 2.26. The first-order chi connectivity index (χ1) is 7.72. The molecule has 0 aromatic rings. The number of hydrogen-bond donors (Lipinski definition) is 1. The number of ether oxygens (including phenoxy) is 1. The standard InChI is InChI=1S/C12H22N2O2/c1-9-11(4-7-16-9)12(15)14-6-3-10(8-14)2-5-13/h9-11H,2-8,13H2,1H3. The smallest absolute Gasteiger partial charge is 0.228 e. The summed E-state index contributed by atoms with van der Waals surface area (Å²) in [5, 5.41) is 0. The van der Waals surface area contributed by atoms with Gasteiger partial charge in [0.1, 0.15) is 0 Å². The largest absolute Gasteiger partial charge is 0.378 e.